The molecular weight excluding hydrogens is 280 g/mol. The predicted molar refractivity (Wildman–Crippen MR) is 82.2 cm³/mol. The van der Waals surface area contributed by atoms with Crippen LogP contribution in [0.2, 0.25) is 0 Å². The number of rotatable bonds is 1. The third kappa shape index (κ3) is 2.87. The van der Waals surface area contributed by atoms with E-state index in [0.29, 0.717) is 24.2 Å². The molecule has 6 heteroatoms. The van der Waals surface area contributed by atoms with Crippen LogP contribution in [-0.4, -0.2) is 57.1 Å². The van der Waals surface area contributed by atoms with Crippen LogP contribution in [0.1, 0.15) is 43.1 Å². The normalized spacial score (nSPS) is 25.5. The molecule has 0 radical (unpaired) electrons. The van der Waals surface area contributed by atoms with Crippen LogP contribution in [0, 0.1) is 5.92 Å². The van der Waals surface area contributed by atoms with Crippen LogP contribution in [0.5, 0.6) is 0 Å². The Kier molecular flexibility index (Phi) is 4.18. The van der Waals surface area contributed by atoms with E-state index in [-0.39, 0.29) is 11.8 Å². The van der Waals surface area contributed by atoms with Gasteiger partial charge in [-0.2, -0.15) is 5.10 Å². The van der Waals surface area contributed by atoms with Gasteiger partial charge in [-0.25, -0.2) is 0 Å². The molecule has 0 N–H and O–H groups in total. The lowest BCUT2D eigenvalue weighted by Crippen LogP contribution is -2.53. The molecule has 0 saturated carbocycles. The Balaban J connectivity index is 1.72. The van der Waals surface area contributed by atoms with E-state index in [4.69, 9.17) is 0 Å². The second-order valence-corrected chi connectivity index (χ2v) is 6.45. The van der Waals surface area contributed by atoms with E-state index >= 15 is 0 Å². The fourth-order valence-corrected chi connectivity index (χ4v) is 3.83. The van der Waals surface area contributed by atoms with Gasteiger partial charge in [0.05, 0.1) is 0 Å². The van der Waals surface area contributed by atoms with Gasteiger partial charge in [-0.1, -0.05) is 6.42 Å². The van der Waals surface area contributed by atoms with E-state index in [2.05, 4.69) is 5.10 Å². The Labute approximate surface area is 131 Å². The minimum Gasteiger partial charge on any atom is -0.340 e. The van der Waals surface area contributed by atoms with Gasteiger partial charge in [0.2, 0.25) is 5.91 Å². The van der Waals surface area contributed by atoms with Crippen molar-refractivity contribution in [3.8, 4) is 0 Å². The molecule has 2 aliphatic heterocycles. The number of nitrogens with zero attached hydrogens (tertiary/aromatic N) is 4. The summed E-state index contributed by atoms with van der Waals surface area (Å²) in [4.78, 5) is 28.4. The number of aryl methyl sites for hydroxylation is 1. The van der Waals surface area contributed by atoms with Crippen molar-refractivity contribution in [2.75, 3.05) is 19.6 Å². The molecule has 1 aromatic rings. The number of carbonyl (C=O) groups is 2. The molecule has 2 amide bonds. The summed E-state index contributed by atoms with van der Waals surface area (Å²) in [5.74, 6) is 0.576. The van der Waals surface area contributed by atoms with Crippen molar-refractivity contribution >= 4 is 11.8 Å². The van der Waals surface area contributed by atoms with Gasteiger partial charge >= 0.3 is 0 Å². The molecule has 0 bridgehead atoms. The largest absolute Gasteiger partial charge is 0.340 e. The molecular formula is C16H24N4O2. The summed E-state index contributed by atoms with van der Waals surface area (Å²) < 4.78 is 1.66. The van der Waals surface area contributed by atoms with Gasteiger partial charge in [-0.05, 0) is 31.2 Å². The first kappa shape index (κ1) is 15.1. The van der Waals surface area contributed by atoms with Crippen molar-refractivity contribution in [3.05, 3.63) is 18.0 Å². The van der Waals surface area contributed by atoms with Crippen LogP contribution in [0.4, 0.5) is 0 Å². The fraction of sp³-hybridized carbons (Fsp3) is 0.688. The Morgan fingerprint density at radius 1 is 1.23 bits per heavy atom. The van der Waals surface area contributed by atoms with E-state index < -0.39 is 0 Å². The molecule has 0 unspecified atom stereocenters. The molecule has 3 rings (SSSR count). The van der Waals surface area contributed by atoms with E-state index in [1.807, 2.05) is 16.8 Å². The molecule has 2 saturated heterocycles. The monoisotopic (exact) mass is 304 g/mol. The van der Waals surface area contributed by atoms with Gasteiger partial charge in [0.15, 0.2) is 0 Å². The molecule has 3 heterocycles. The molecule has 22 heavy (non-hydrogen) atoms. The van der Waals surface area contributed by atoms with Gasteiger partial charge in [0.1, 0.15) is 5.69 Å². The molecule has 2 fully saturated rings. The summed E-state index contributed by atoms with van der Waals surface area (Å²) in [5, 5.41) is 4.21. The molecule has 2 aliphatic rings. The maximum absolute atomic E-state index is 12.6. The highest BCUT2D eigenvalue weighted by atomic mass is 16.2. The number of likely N-dealkylation sites (tertiary alicyclic amines) is 2. The van der Waals surface area contributed by atoms with Crippen molar-refractivity contribution in [2.24, 2.45) is 13.0 Å². The summed E-state index contributed by atoms with van der Waals surface area (Å²) in [7, 11) is 1.82. The van der Waals surface area contributed by atoms with E-state index in [1.54, 1.807) is 23.9 Å². The van der Waals surface area contributed by atoms with Crippen LogP contribution < -0.4 is 0 Å². The smallest absolute Gasteiger partial charge is 0.274 e. The molecule has 0 aliphatic carbocycles. The number of carbonyl (C=O) groups excluding carboxylic acids is 2. The highest BCUT2D eigenvalue weighted by Gasteiger charge is 2.37. The summed E-state index contributed by atoms with van der Waals surface area (Å²) in [6, 6.07) is 2.07. The standard InChI is InChI=1S/C16H24N4O2/c1-12(21)20-8-4-3-5-13-11-19(10-7-15(13)20)16(22)14-6-9-18(2)17-14/h6,9,13,15H,3-5,7-8,10-11H2,1-2H3/t13-,15+/m0/s1. The number of hydrogen-bond donors (Lipinski definition) is 0. The van der Waals surface area contributed by atoms with E-state index in [1.165, 1.54) is 0 Å². The van der Waals surface area contributed by atoms with Crippen LogP contribution in [0.25, 0.3) is 0 Å². The van der Waals surface area contributed by atoms with Crippen molar-refractivity contribution in [3.63, 3.8) is 0 Å². The lowest BCUT2D eigenvalue weighted by atomic mass is 9.88. The third-order valence-electron chi connectivity index (χ3n) is 4.94. The van der Waals surface area contributed by atoms with E-state index in [9.17, 15) is 9.59 Å². The second-order valence-electron chi connectivity index (χ2n) is 6.45. The predicted octanol–water partition coefficient (Wildman–Crippen LogP) is 1.28. The number of fused-ring (bicyclic) bond motifs is 1. The minimum absolute atomic E-state index is 0.0117. The number of aromatic nitrogens is 2. The summed E-state index contributed by atoms with van der Waals surface area (Å²) >= 11 is 0. The van der Waals surface area contributed by atoms with E-state index in [0.717, 1.165) is 38.8 Å². The maximum atomic E-state index is 12.6. The Morgan fingerprint density at radius 3 is 2.73 bits per heavy atom. The van der Waals surface area contributed by atoms with Crippen molar-refractivity contribution in [1.82, 2.24) is 19.6 Å². The van der Waals surface area contributed by atoms with Gasteiger partial charge in [0, 0.05) is 45.8 Å². The average molecular weight is 304 g/mol. The van der Waals surface area contributed by atoms with Crippen LogP contribution in [0.3, 0.4) is 0 Å². The number of amides is 2. The molecule has 6 nitrogen and oxygen atoms in total. The van der Waals surface area contributed by atoms with Crippen LogP contribution in [-0.2, 0) is 11.8 Å². The third-order valence-corrected chi connectivity index (χ3v) is 4.94. The Morgan fingerprint density at radius 2 is 2.05 bits per heavy atom. The van der Waals surface area contributed by atoms with Crippen LogP contribution >= 0.6 is 0 Å². The molecule has 0 aromatic carbocycles. The maximum Gasteiger partial charge on any atom is 0.274 e. The zero-order valence-corrected chi connectivity index (χ0v) is 13.4. The highest BCUT2D eigenvalue weighted by Crippen LogP contribution is 2.30. The van der Waals surface area contributed by atoms with Crippen molar-refractivity contribution in [2.45, 2.75) is 38.6 Å². The lowest BCUT2D eigenvalue weighted by molar-refractivity contribution is -0.132. The van der Waals surface area contributed by atoms with Crippen LogP contribution in [0.15, 0.2) is 12.3 Å². The first-order chi connectivity index (χ1) is 10.6. The number of hydrogen-bond acceptors (Lipinski definition) is 3. The van der Waals surface area contributed by atoms with Crippen molar-refractivity contribution < 1.29 is 9.59 Å². The topological polar surface area (TPSA) is 58.4 Å². The molecule has 1 aromatic heterocycles. The minimum atomic E-state index is 0.0117. The molecule has 0 spiro atoms. The second kappa shape index (κ2) is 6.10. The fourth-order valence-electron chi connectivity index (χ4n) is 3.83. The van der Waals surface area contributed by atoms with Gasteiger partial charge in [-0.3, -0.25) is 14.3 Å². The first-order valence-electron chi connectivity index (χ1n) is 8.12. The first-order valence-corrected chi connectivity index (χ1v) is 8.12. The zero-order chi connectivity index (χ0) is 15.7. The molecule has 2 atom stereocenters. The summed E-state index contributed by atoms with van der Waals surface area (Å²) in [6.07, 6.45) is 5.98. The van der Waals surface area contributed by atoms with Gasteiger partial charge in [0.25, 0.3) is 5.91 Å². The highest BCUT2D eigenvalue weighted by molar-refractivity contribution is 5.92. The quantitative estimate of drug-likeness (QED) is 0.785. The Bertz CT molecular complexity index is 568. The SMILES string of the molecule is CC(=O)N1CCCC[C@H]2CN(C(=O)c3ccn(C)n3)CC[C@H]21. The molecule has 120 valence electrons. The zero-order valence-electron chi connectivity index (χ0n) is 13.4. The van der Waals surface area contributed by atoms with Gasteiger partial charge < -0.3 is 9.80 Å². The lowest BCUT2D eigenvalue weighted by Gasteiger charge is -2.42. The summed E-state index contributed by atoms with van der Waals surface area (Å²) in [6.45, 7) is 3.97. The average Bonchev–Trinajstić information content (AvgIpc) is 2.81. The Hall–Kier alpha value is -1.85. The van der Waals surface area contributed by atoms with Gasteiger partial charge in [-0.15, -0.1) is 0 Å². The van der Waals surface area contributed by atoms with Crippen molar-refractivity contribution in [1.29, 1.82) is 0 Å². The summed E-state index contributed by atoms with van der Waals surface area (Å²) in [5.41, 5.74) is 0.512. The number of piperidine rings is 1.